The van der Waals surface area contributed by atoms with E-state index in [0.29, 0.717) is 12.4 Å². The molecule has 0 atom stereocenters. The highest BCUT2D eigenvalue weighted by Gasteiger charge is 2.44. The van der Waals surface area contributed by atoms with Crippen molar-refractivity contribution < 1.29 is 4.79 Å². The largest absolute Gasteiger partial charge is 0.376 e. The fourth-order valence-corrected chi connectivity index (χ4v) is 3.26. The lowest BCUT2D eigenvalue weighted by Crippen LogP contribution is -2.35. The van der Waals surface area contributed by atoms with Crippen molar-refractivity contribution in [2.24, 2.45) is 7.05 Å². The summed E-state index contributed by atoms with van der Waals surface area (Å²) in [6.45, 7) is 0.910. The number of aromatic nitrogens is 4. The smallest absolute Gasteiger partial charge is 0.239 e. The summed E-state index contributed by atoms with van der Waals surface area (Å²) < 4.78 is 1.62. The molecule has 1 heterocycles. The minimum atomic E-state index is -0.0112. The Bertz CT molecular complexity index is 932. The summed E-state index contributed by atoms with van der Waals surface area (Å²) in [4.78, 5) is 12.3. The highest BCUT2D eigenvalue weighted by atomic mass is 16.1. The summed E-state index contributed by atoms with van der Waals surface area (Å²) in [6, 6.07) is 18.1. The highest BCUT2D eigenvalue weighted by molar-refractivity contribution is 5.81. The zero-order chi connectivity index (χ0) is 18.7. The first-order valence-corrected chi connectivity index (χ1v) is 9.05. The Morgan fingerprint density at radius 3 is 2.67 bits per heavy atom. The van der Waals surface area contributed by atoms with E-state index in [2.05, 4.69) is 50.4 Å². The number of rotatable bonds is 7. The van der Waals surface area contributed by atoms with Gasteiger partial charge in [0.2, 0.25) is 5.91 Å². The van der Waals surface area contributed by atoms with Crippen molar-refractivity contribution in [2.45, 2.75) is 18.3 Å². The van der Waals surface area contributed by atoms with E-state index < -0.39 is 0 Å². The number of hydrogen-bond donors (Lipinski definition) is 2. The number of anilines is 1. The van der Waals surface area contributed by atoms with Gasteiger partial charge in [0.05, 0.1) is 6.54 Å². The normalized spacial score (nSPS) is 14.6. The molecular formula is C20H22N6O. The van der Waals surface area contributed by atoms with Crippen LogP contribution >= 0.6 is 0 Å². The van der Waals surface area contributed by atoms with Gasteiger partial charge in [-0.15, -0.1) is 5.10 Å². The Morgan fingerprint density at radius 2 is 1.96 bits per heavy atom. The predicted molar refractivity (Wildman–Crippen MR) is 103 cm³/mol. The first-order chi connectivity index (χ1) is 13.2. The number of aryl methyl sites for hydroxylation is 1. The molecule has 0 radical (unpaired) electrons. The van der Waals surface area contributed by atoms with Gasteiger partial charge >= 0.3 is 0 Å². The van der Waals surface area contributed by atoms with Crippen molar-refractivity contribution in [2.75, 3.05) is 18.4 Å². The zero-order valence-electron chi connectivity index (χ0n) is 15.2. The van der Waals surface area contributed by atoms with E-state index >= 15 is 0 Å². The third-order valence-corrected chi connectivity index (χ3v) is 5.06. The van der Waals surface area contributed by atoms with Crippen LogP contribution in [0.2, 0.25) is 0 Å². The molecule has 0 aliphatic heterocycles. The van der Waals surface area contributed by atoms with Crippen LogP contribution in [-0.4, -0.2) is 39.2 Å². The Morgan fingerprint density at radius 1 is 1.15 bits per heavy atom. The van der Waals surface area contributed by atoms with Gasteiger partial charge in [-0.1, -0.05) is 42.5 Å². The minimum Gasteiger partial charge on any atom is -0.376 e. The average Bonchev–Trinajstić information content (AvgIpc) is 3.39. The first kappa shape index (κ1) is 17.2. The maximum absolute atomic E-state index is 12.3. The fraction of sp³-hybridized carbons (Fsp3) is 0.300. The van der Waals surface area contributed by atoms with Gasteiger partial charge in [-0.05, 0) is 41.0 Å². The van der Waals surface area contributed by atoms with E-state index in [1.165, 1.54) is 5.56 Å². The minimum absolute atomic E-state index is 0.0112. The summed E-state index contributed by atoms with van der Waals surface area (Å²) in [6.07, 6.45) is 2.25. The van der Waals surface area contributed by atoms with Crippen LogP contribution in [-0.2, 0) is 17.3 Å². The van der Waals surface area contributed by atoms with E-state index in [1.54, 1.807) is 11.7 Å². The molecule has 0 unspecified atom stereocenters. The van der Waals surface area contributed by atoms with E-state index in [4.69, 9.17) is 0 Å². The van der Waals surface area contributed by atoms with Crippen LogP contribution in [0.25, 0.3) is 11.4 Å². The lowest BCUT2D eigenvalue weighted by Gasteiger charge is -2.17. The maximum Gasteiger partial charge on any atom is 0.239 e. The van der Waals surface area contributed by atoms with Gasteiger partial charge in [0.15, 0.2) is 5.82 Å². The van der Waals surface area contributed by atoms with E-state index in [0.717, 1.165) is 24.1 Å². The van der Waals surface area contributed by atoms with Crippen LogP contribution in [0, 0.1) is 0 Å². The standard InChI is InChI=1S/C20H22N6O/c1-26-19(23-24-25-26)15-6-5-9-17(12-15)21-13-18(27)22-14-20(10-11-20)16-7-3-2-4-8-16/h2-9,12,21H,10-11,13-14H2,1H3,(H,22,27). The molecule has 27 heavy (non-hydrogen) atoms. The van der Waals surface area contributed by atoms with Crippen LogP contribution in [0.3, 0.4) is 0 Å². The molecular weight excluding hydrogens is 340 g/mol. The third kappa shape index (κ3) is 3.81. The average molecular weight is 362 g/mol. The van der Waals surface area contributed by atoms with Gasteiger partial charge in [-0.2, -0.15) is 0 Å². The second-order valence-corrected chi connectivity index (χ2v) is 6.98. The maximum atomic E-state index is 12.3. The number of amides is 1. The Balaban J connectivity index is 1.32. The van der Waals surface area contributed by atoms with E-state index in [1.807, 2.05) is 30.3 Å². The lowest BCUT2D eigenvalue weighted by molar-refractivity contribution is -0.119. The molecule has 2 aromatic carbocycles. The van der Waals surface area contributed by atoms with E-state index in [9.17, 15) is 4.79 Å². The van der Waals surface area contributed by atoms with Gasteiger partial charge in [0.25, 0.3) is 0 Å². The van der Waals surface area contributed by atoms with Crippen molar-refractivity contribution in [1.82, 2.24) is 25.5 Å². The molecule has 0 bridgehead atoms. The summed E-state index contributed by atoms with van der Waals surface area (Å²) in [7, 11) is 1.79. The van der Waals surface area contributed by atoms with Gasteiger partial charge in [0, 0.05) is 30.3 Å². The van der Waals surface area contributed by atoms with Gasteiger partial charge in [-0.25, -0.2) is 4.68 Å². The van der Waals surface area contributed by atoms with Crippen LogP contribution in [0.4, 0.5) is 5.69 Å². The SMILES string of the molecule is Cn1nnnc1-c1cccc(NCC(=O)NCC2(c3ccccc3)CC2)c1. The summed E-state index contributed by atoms with van der Waals surface area (Å²) >= 11 is 0. The van der Waals surface area contributed by atoms with Gasteiger partial charge in [-0.3, -0.25) is 4.79 Å². The number of tetrazole rings is 1. The molecule has 3 aromatic rings. The predicted octanol–water partition coefficient (Wildman–Crippen LogP) is 2.14. The first-order valence-electron chi connectivity index (χ1n) is 9.05. The number of carbonyl (C=O) groups excluding carboxylic acids is 1. The zero-order valence-corrected chi connectivity index (χ0v) is 15.2. The third-order valence-electron chi connectivity index (χ3n) is 5.06. The summed E-state index contributed by atoms with van der Waals surface area (Å²) in [5, 5.41) is 17.8. The summed E-state index contributed by atoms with van der Waals surface area (Å²) in [5.41, 5.74) is 3.18. The van der Waals surface area contributed by atoms with Gasteiger partial charge < -0.3 is 10.6 Å². The van der Waals surface area contributed by atoms with Crippen LogP contribution < -0.4 is 10.6 Å². The number of nitrogens with zero attached hydrogens (tertiary/aromatic N) is 4. The fourth-order valence-electron chi connectivity index (χ4n) is 3.26. The van der Waals surface area contributed by atoms with E-state index in [-0.39, 0.29) is 17.9 Å². The summed E-state index contributed by atoms with van der Waals surface area (Å²) in [5.74, 6) is 0.671. The number of benzene rings is 2. The molecule has 1 aromatic heterocycles. The molecule has 7 heteroatoms. The highest BCUT2D eigenvalue weighted by Crippen LogP contribution is 2.47. The van der Waals surface area contributed by atoms with Crippen molar-refractivity contribution >= 4 is 11.6 Å². The molecule has 1 aliphatic rings. The lowest BCUT2D eigenvalue weighted by atomic mass is 9.96. The molecule has 138 valence electrons. The Labute approximate surface area is 157 Å². The molecule has 1 aliphatic carbocycles. The number of carbonyl (C=O) groups is 1. The second kappa shape index (κ2) is 7.19. The van der Waals surface area contributed by atoms with Crippen molar-refractivity contribution in [3.8, 4) is 11.4 Å². The molecule has 4 rings (SSSR count). The Hall–Kier alpha value is -3.22. The van der Waals surface area contributed by atoms with Crippen molar-refractivity contribution in [3.05, 3.63) is 60.2 Å². The quantitative estimate of drug-likeness (QED) is 0.673. The molecule has 1 fully saturated rings. The monoisotopic (exact) mass is 362 g/mol. The molecule has 0 saturated heterocycles. The Kier molecular flexibility index (Phi) is 4.58. The van der Waals surface area contributed by atoms with Crippen LogP contribution in [0.5, 0.6) is 0 Å². The molecule has 1 saturated carbocycles. The van der Waals surface area contributed by atoms with Crippen molar-refractivity contribution in [1.29, 1.82) is 0 Å². The topological polar surface area (TPSA) is 84.7 Å². The number of nitrogens with one attached hydrogen (secondary N) is 2. The van der Waals surface area contributed by atoms with Crippen LogP contribution in [0.1, 0.15) is 18.4 Å². The molecule has 7 nitrogen and oxygen atoms in total. The van der Waals surface area contributed by atoms with Gasteiger partial charge in [0.1, 0.15) is 0 Å². The molecule has 1 amide bonds. The van der Waals surface area contributed by atoms with Crippen molar-refractivity contribution in [3.63, 3.8) is 0 Å². The number of hydrogen-bond acceptors (Lipinski definition) is 5. The molecule has 0 spiro atoms. The van der Waals surface area contributed by atoms with Crippen LogP contribution in [0.15, 0.2) is 54.6 Å². The molecule has 2 N–H and O–H groups in total. The second-order valence-electron chi connectivity index (χ2n) is 6.98.